The lowest BCUT2D eigenvalue weighted by molar-refractivity contribution is -0.385. The predicted octanol–water partition coefficient (Wildman–Crippen LogP) is 3.23. The van der Waals surface area contributed by atoms with Crippen LogP contribution in [0, 0.1) is 17.0 Å². The van der Waals surface area contributed by atoms with Crippen molar-refractivity contribution in [1.82, 2.24) is 5.32 Å². The molecule has 0 bridgehead atoms. The summed E-state index contributed by atoms with van der Waals surface area (Å²) in [6, 6.07) is 13.0. The molecular formula is C19H17N3O6S. The Hall–Kier alpha value is -3.66. The van der Waals surface area contributed by atoms with Crippen LogP contribution in [-0.2, 0) is 16.6 Å². The number of para-hydroxylation sites is 1. The molecule has 1 amide bonds. The molecule has 0 saturated carbocycles. The average Bonchev–Trinajstić information content (AvgIpc) is 3.20. The summed E-state index contributed by atoms with van der Waals surface area (Å²) in [6.45, 7) is 1.66. The zero-order valence-corrected chi connectivity index (χ0v) is 16.1. The molecule has 150 valence electrons. The second-order valence-corrected chi connectivity index (χ2v) is 7.77. The second kappa shape index (κ2) is 8.15. The van der Waals surface area contributed by atoms with Gasteiger partial charge in [-0.2, -0.15) is 0 Å². The molecule has 0 saturated heterocycles. The first-order chi connectivity index (χ1) is 13.8. The number of non-ortho nitro benzene ring substituents is 1. The molecule has 0 aliphatic carbocycles. The highest BCUT2D eigenvalue weighted by molar-refractivity contribution is 7.92. The Balaban J connectivity index is 1.87. The third-order valence-corrected chi connectivity index (χ3v) is 5.60. The molecule has 0 spiro atoms. The Kier molecular flexibility index (Phi) is 5.64. The molecule has 0 radical (unpaired) electrons. The smallest absolute Gasteiger partial charge is 0.270 e. The topological polar surface area (TPSA) is 132 Å². The van der Waals surface area contributed by atoms with E-state index in [1.54, 1.807) is 24.3 Å². The van der Waals surface area contributed by atoms with Crippen LogP contribution >= 0.6 is 0 Å². The molecule has 2 N–H and O–H groups in total. The average molecular weight is 415 g/mol. The SMILES string of the molecule is Cc1ccc([N+](=O)[O-])cc1S(=O)(=O)Nc1ccccc1C(=O)NCc1ccco1. The van der Waals surface area contributed by atoms with Gasteiger partial charge in [0.15, 0.2) is 0 Å². The molecule has 2 aromatic carbocycles. The molecule has 0 atom stereocenters. The number of amides is 1. The van der Waals surface area contributed by atoms with Gasteiger partial charge < -0.3 is 9.73 Å². The van der Waals surface area contributed by atoms with Crippen molar-refractivity contribution in [1.29, 1.82) is 0 Å². The molecule has 10 heteroatoms. The van der Waals surface area contributed by atoms with Crippen molar-refractivity contribution in [3.05, 3.63) is 87.9 Å². The van der Waals surface area contributed by atoms with Crippen molar-refractivity contribution in [2.75, 3.05) is 4.72 Å². The molecule has 3 rings (SSSR count). The van der Waals surface area contributed by atoms with Crippen molar-refractivity contribution in [2.45, 2.75) is 18.4 Å². The number of nitro benzene ring substituents is 1. The number of hydrogen-bond donors (Lipinski definition) is 2. The van der Waals surface area contributed by atoms with E-state index in [1.165, 1.54) is 37.5 Å². The van der Waals surface area contributed by atoms with Crippen LogP contribution in [0.2, 0.25) is 0 Å². The fraction of sp³-hybridized carbons (Fsp3) is 0.105. The third kappa shape index (κ3) is 4.61. The Labute approximate surface area is 166 Å². The summed E-state index contributed by atoms with van der Waals surface area (Å²) >= 11 is 0. The fourth-order valence-corrected chi connectivity index (χ4v) is 3.98. The molecule has 0 fully saturated rings. The van der Waals surface area contributed by atoms with E-state index >= 15 is 0 Å². The first-order valence-corrected chi connectivity index (χ1v) is 9.94. The third-order valence-electron chi connectivity index (χ3n) is 4.09. The van der Waals surface area contributed by atoms with E-state index in [0.29, 0.717) is 11.3 Å². The maximum Gasteiger partial charge on any atom is 0.270 e. The molecular weight excluding hydrogens is 398 g/mol. The summed E-state index contributed by atoms with van der Waals surface area (Å²) in [5.74, 6) is 0.0408. The Bertz CT molecular complexity index is 1160. The lowest BCUT2D eigenvalue weighted by Gasteiger charge is -2.13. The van der Waals surface area contributed by atoms with E-state index in [1.807, 2.05) is 0 Å². The zero-order valence-electron chi connectivity index (χ0n) is 15.3. The van der Waals surface area contributed by atoms with Crippen LogP contribution in [0.1, 0.15) is 21.7 Å². The number of nitro groups is 1. The van der Waals surface area contributed by atoms with E-state index in [4.69, 9.17) is 4.42 Å². The minimum atomic E-state index is -4.17. The molecule has 1 heterocycles. The van der Waals surface area contributed by atoms with Gasteiger partial charge in [-0.05, 0) is 36.8 Å². The van der Waals surface area contributed by atoms with Crippen LogP contribution in [0.3, 0.4) is 0 Å². The lowest BCUT2D eigenvalue weighted by atomic mass is 10.1. The number of furan rings is 1. The molecule has 0 aliphatic rings. The van der Waals surface area contributed by atoms with Gasteiger partial charge in [0.1, 0.15) is 5.76 Å². The lowest BCUT2D eigenvalue weighted by Crippen LogP contribution is -2.25. The van der Waals surface area contributed by atoms with Crippen LogP contribution in [-0.4, -0.2) is 19.2 Å². The molecule has 0 aliphatic heterocycles. The summed E-state index contributed by atoms with van der Waals surface area (Å²) in [5.41, 5.74) is 0.143. The normalized spacial score (nSPS) is 11.1. The Morgan fingerprint density at radius 1 is 1.14 bits per heavy atom. The molecule has 0 unspecified atom stereocenters. The van der Waals surface area contributed by atoms with Crippen LogP contribution in [0.25, 0.3) is 0 Å². The number of aryl methyl sites for hydroxylation is 1. The van der Waals surface area contributed by atoms with Crippen molar-refractivity contribution in [2.24, 2.45) is 0 Å². The highest BCUT2D eigenvalue weighted by Gasteiger charge is 2.23. The van der Waals surface area contributed by atoms with Crippen LogP contribution < -0.4 is 10.0 Å². The number of hydrogen-bond acceptors (Lipinski definition) is 6. The van der Waals surface area contributed by atoms with E-state index in [2.05, 4.69) is 10.0 Å². The van der Waals surface area contributed by atoms with Gasteiger partial charge in [0.2, 0.25) is 0 Å². The number of rotatable bonds is 7. The molecule has 29 heavy (non-hydrogen) atoms. The maximum absolute atomic E-state index is 12.8. The highest BCUT2D eigenvalue weighted by atomic mass is 32.2. The minimum Gasteiger partial charge on any atom is -0.467 e. The number of anilines is 1. The quantitative estimate of drug-likeness (QED) is 0.450. The van der Waals surface area contributed by atoms with Gasteiger partial charge in [0.25, 0.3) is 21.6 Å². The second-order valence-electron chi connectivity index (χ2n) is 6.12. The van der Waals surface area contributed by atoms with E-state index in [-0.39, 0.29) is 28.4 Å². The van der Waals surface area contributed by atoms with Crippen LogP contribution in [0.4, 0.5) is 11.4 Å². The van der Waals surface area contributed by atoms with Gasteiger partial charge in [-0.1, -0.05) is 18.2 Å². The zero-order chi connectivity index (χ0) is 21.0. The minimum absolute atomic E-state index is 0.0513. The van der Waals surface area contributed by atoms with Gasteiger partial charge in [-0.25, -0.2) is 8.42 Å². The molecule has 3 aromatic rings. The largest absolute Gasteiger partial charge is 0.467 e. The summed E-state index contributed by atoms with van der Waals surface area (Å²) in [4.78, 5) is 22.6. The van der Waals surface area contributed by atoms with Crippen molar-refractivity contribution in [3.8, 4) is 0 Å². The summed E-state index contributed by atoms with van der Waals surface area (Å²) in [7, 11) is -4.17. The van der Waals surface area contributed by atoms with E-state index in [9.17, 15) is 23.3 Å². The summed E-state index contributed by atoms with van der Waals surface area (Å²) in [6.07, 6.45) is 1.48. The van der Waals surface area contributed by atoms with Gasteiger partial charge in [-0.15, -0.1) is 0 Å². The Morgan fingerprint density at radius 2 is 1.90 bits per heavy atom. The monoisotopic (exact) mass is 415 g/mol. The van der Waals surface area contributed by atoms with E-state index < -0.39 is 20.9 Å². The number of nitrogens with zero attached hydrogens (tertiary/aromatic N) is 1. The van der Waals surface area contributed by atoms with Crippen LogP contribution in [0.15, 0.2) is 70.2 Å². The van der Waals surface area contributed by atoms with Crippen molar-refractivity contribution in [3.63, 3.8) is 0 Å². The van der Waals surface area contributed by atoms with Gasteiger partial charge in [0, 0.05) is 12.1 Å². The molecule has 9 nitrogen and oxygen atoms in total. The van der Waals surface area contributed by atoms with E-state index in [0.717, 1.165) is 6.07 Å². The number of carbonyl (C=O) groups excluding carboxylic acids is 1. The number of carbonyl (C=O) groups is 1. The number of nitrogens with one attached hydrogen (secondary N) is 2. The summed E-state index contributed by atoms with van der Waals surface area (Å²) in [5, 5.41) is 13.6. The number of benzene rings is 2. The highest BCUT2D eigenvalue weighted by Crippen LogP contribution is 2.25. The number of sulfonamides is 1. The van der Waals surface area contributed by atoms with Crippen molar-refractivity contribution < 1.29 is 22.6 Å². The van der Waals surface area contributed by atoms with Crippen molar-refractivity contribution >= 4 is 27.3 Å². The maximum atomic E-state index is 12.8. The molecule has 1 aromatic heterocycles. The van der Waals surface area contributed by atoms with Gasteiger partial charge in [-0.3, -0.25) is 19.6 Å². The Morgan fingerprint density at radius 3 is 2.59 bits per heavy atom. The van der Waals surface area contributed by atoms with Gasteiger partial charge >= 0.3 is 0 Å². The first-order valence-electron chi connectivity index (χ1n) is 8.45. The fourth-order valence-electron chi connectivity index (χ4n) is 2.64. The summed E-state index contributed by atoms with van der Waals surface area (Å²) < 4.78 is 33.2. The standard InChI is InChI=1S/C19H17N3O6S/c1-13-8-9-14(22(24)25)11-18(13)29(26,27)21-17-7-3-2-6-16(17)19(23)20-12-15-5-4-10-28-15/h2-11,21H,12H2,1H3,(H,20,23). The van der Waals surface area contributed by atoms with Crippen LogP contribution in [0.5, 0.6) is 0 Å². The van der Waals surface area contributed by atoms with Gasteiger partial charge in [0.05, 0.1) is 33.9 Å². The first kappa shape index (κ1) is 20.1. The predicted molar refractivity (Wildman–Crippen MR) is 105 cm³/mol.